The normalized spacial score (nSPS) is 16.8. The van der Waals surface area contributed by atoms with Gasteiger partial charge in [0.05, 0.1) is 12.0 Å². The van der Waals surface area contributed by atoms with Crippen molar-refractivity contribution in [1.82, 2.24) is 0 Å². The SMILES string of the molecule is CC(C)CCCC(C)CCCC(C)CCCC(C)(CC(=O)O[Si](C)(C)C)O[Si](C)(C)C. The smallest absolute Gasteiger partial charge is 0.295 e. The molecule has 0 fully saturated rings. The molecule has 0 N–H and O–H groups in total. The molecule has 0 aromatic heterocycles. The Morgan fingerprint density at radius 3 is 1.61 bits per heavy atom. The van der Waals surface area contributed by atoms with Crippen LogP contribution in [0.2, 0.25) is 39.3 Å². The van der Waals surface area contributed by atoms with E-state index in [9.17, 15) is 4.79 Å². The highest BCUT2D eigenvalue weighted by atomic mass is 28.4. The fourth-order valence-corrected chi connectivity index (χ4v) is 6.81. The maximum atomic E-state index is 12.5. The van der Waals surface area contributed by atoms with Gasteiger partial charge in [0, 0.05) is 0 Å². The lowest BCUT2D eigenvalue weighted by molar-refractivity contribution is -0.139. The lowest BCUT2D eigenvalue weighted by Gasteiger charge is -2.36. The Morgan fingerprint density at radius 2 is 1.19 bits per heavy atom. The van der Waals surface area contributed by atoms with Crippen LogP contribution in [-0.2, 0) is 13.6 Å². The Labute approximate surface area is 197 Å². The Bertz CT molecular complexity index is 494. The van der Waals surface area contributed by atoms with Crippen LogP contribution < -0.4 is 0 Å². The molecule has 0 aliphatic rings. The zero-order valence-corrected chi connectivity index (χ0v) is 25.0. The molecular weight excluding hydrogens is 416 g/mol. The van der Waals surface area contributed by atoms with Crippen molar-refractivity contribution in [3.63, 3.8) is 0 Å². The molecule has 3 nitrogen and oxygen atoms in total. The molecule has 186 valence electrons. The van der Waals surface area contributed by atoms with Gasteiger partial charge in [0.15, 0.2) is 8.32 Å². The number of carbonyl (C=O) groups is 1. The summed E-state index contributed by atoms with van der Waals surface area (Å²) in [4.78, 5) is 12.5. The monoisotopic (exact) mass is 472 g/mol. The third kappa shape index (κ3) is 19.1. The third-order valence-electron chi connectivity index (χ3n) is 5.77. The molecule has 0 saturated carbocycles. The van der Waals surface area contributed by atoms with Crippen LogP contribution in [0.3, 0.4) is 0 Å². The van der Waals surface area contributed by atoms with E-state index in [1.165, 1.54) is 44.9 Å². The van der Waals surface area contributed by atoms with E-state index >= 15 is 0 Å². The van der Waals surface area contributed by atoms with Crippen molar-refractivity contribution < 1.29 is 13.6 Å². The summed E-state index contributed by atoms with van der Waals surface area (Å²) in [5.41, 5.74) is -0.397. The standard InChI is InChI=1S/C26H56O3Si2/c1-22(2)15-12-16-23(3)17-13-18-24(4)19-14-20-26(5,29-31(9,10)11)21-25(27)28-30(6,7)8/h22-24H,12-21H2,1-11H3. The molecule has 0 aromatic rings. The number of hydrogen-bond donors (Lipinski definition) is 0. The van der Waals surface area contributed by atoms with Gasteiger partial charge in [0.2, 0.25) is 8.32 Å². The van der Waals surface area contributed by atoms with E-state index in [2.05, 4.69) is 73.9 Å². The first-order valence-electron chi connectivity index (χ1n) is 12.9. The van der Waals surface area contributed by atoms with E-state index in [0.717, 1.165) is 30.6 Å². The zero-order valence-electron chi connectivity index (χ0n) is 23.0. The first-order valence-corrected chi connectivity index (χ1v) is 19.7. The predicted molar refractivity (Wildman–Crippen MR) is 142 cm³/mol. The third-order valence-corrected chi connectivity index (χ3v) is 7.71. The van der Waals surface area contributed by atoms with E-state index in [0.29, 0.717) is 6.42 Å². The highest BCUT2D eigenvalue weighted by Gasteiger charge is 2.35. The lowest BCUT2D eigenvalue weighted by atomic mass is 9.89. The summed E-state index contributed by atoms with van der Waals surface area (Å²) in [6.07, 6.45) is 11.8. The minimum atomic E-state index is -1.86. The molecule has 0 aliphatic heterocycles. The Morgan fingerprint density at radius 1 is 0.742 bits per heavy atom. The lowest BCUT2D eigenvalue weighted by Crippen LogP contribution is -2.43. The van der Waals surface area contributed by atoms with Crippen LogP contribution in [-0.4, -0.2) is 28.2 Å². The van der Waals surface area contributed by atoms with Gasteiger partial charge in [-0.15, -0.1) is 0 Å². The molecule has 0 heterocycles. The van der Waals surface area contributed by atoms with E-state index in [1.807, 2.05) is 0 Å². The Hall–Kier alpha value is -0.136. The van der Waals surface area contributed by atoms with E-state index in [-0.39, 0.29) is 5.97 Å². The van der Waals surface area contributed by atoms with Crippen molar-refractivity contribution in [3.8, 4) is 0 Å². The van der Waals surface area contributed by atoms with Crippen molar-refractivity contribution in [3.05, 3.63) is 0 Å². The molecule has 5 heteroatoms. The van der Waals surface area contributed by atoms with Gasteiger partial charge in [-0.2, -0.15) is 0 Å². The van der Waals surface area contributed by atoms with Crippen molar-refractivity contribution in [2.24, 2.45) is 17.8 Å². The van der Waals surface area contributed by atoms with Crippen molar-refractivity contribution in [2.75, 3.05) is 0 Å². The molecule has 3 unspecified atom stereocenters. The number of rotatable bonds is 17. The maximum Gasteiger partial charge on any atom is 0.295 e. The van der Waals surface area contributed by atoms with Gasteiger partial charge in [-0.3, -0.25) is 4.79 Å². The second-order valence-electron chi connectivity index (χ2n) is 12.8. The molecule has 0 amide bonds. The van der Waals surface area contributed by atoms with Crippen LogP contribution >= 0.6 is 0 Å². The molecule has 0 spiro atoms. The van der Waals surface area contributed by atoms with Gasteiger partial charge in [-0.25, -0.2) is 0 Å². The maximum absolute atomic E-state index is 12.5. The first-order chi connectivity index (χ1) is 14.0. The highest BCUT2D eigenvalue weighted by Crippen LogP contribution is 2.30. The van der Waals surface area contributed by atoms with Crippen LogP contribution in [0.1, 0.15) is 98.8 Å². The molecule has 3 atom stereocenters. The molecule has 0 saturated heterocycles. The van der Waals surface area contributed by atoms with E-state index in [1.54, 1.807) is 0 Å². The van der Waals surface area contributed by atoms with Gasteiger partial charge < -0.3 is 8.85 Å². The van der Waals surface area contributed by atoms with Crippen LogP contribution in [0.25, 0.3) is 0 Å². The fourth-order valence-electron chi connectivity index (χ4n) is 4.40. The largest absolute Gasteiger partial charge is 0.520 e. The zero-order chi connectivity index (χ0) is 24.3. The summed E-state index contributed by atoms with van der Waals surface area (Å²) in [6, 6.07) is 0. The van der Waals surface area contributed by atoms with Gasteiger partial charge in [0.25, 0.3) is 5.97 Å². The van der Waals surface area contributed by atoms with Crippen molar-refractivity contribution in [1.29, 1.82) is 0 Å². The van der Waals surface area contributed by atoms with Crippen LogP contribution in [0.5, 0.6) is 0 Å². The summed E-state index contributed by atoms with van der Waals surface area (Å²) < 4.78 is 12.2. The molecule has 0 bridgehead atoms. The molecule has 0 aliphatic carbocycles. The minimum Gasteiger partial charge on any atom is -0.520 e. The van der Waals surface area contributed by atoms with Crippen molar-refractivity contribution >= 4 is 22.6 Å². The predicted octanol–water partition coefficient (Wildman–Crippen LogP) is 8.80. The van der Waals surface area contributed by atoms with Gasteiger partial charge in [0.1, 0.15) is 0 Å². The summed E-state index contributed by atoms with van der Waals surface area (Å²) in [6.45, 7) is 24.4. The molecule has 31 heavy (non-hydrogen) atoms. The van der Waals surface area contributed by atoms with Gasteiger partial charge in [-0.1, -0.05) is 79.1 Å². The van der Waals surface area contributed by atoms with Gasteiger partial charge >= 0.3 is 0 Å². The molecular formula is C26H56O3Si2. The van der Waals surface area contributed by atoms with Crippen LogP contribution in [0, 0.1) is 17.8 Å². The van der Waals surface area contributed by atoms with Crippen LogP contribution in [0.4, 0.5) is 0 Å². The van der Waals surface area contributed by atoms with E-state index in [4.69, 9.17) is 8.85 Å². The summed E-state index contributed by atoms with van der Waals surface area (Å²) in [5, 5.41) is 0. The quantitative estimate of drug-likeness (QED) is 0.198. The summed E-state index contributed by atoms with van der Waals surface area (Å²) in [5.74, 6) is 2.35. The Kier molecular flexibility index (Phi) is 14.1. The second kappa shape index (κ2) is 14.2. The fraction of sp³-hybridized carbons (Fsp3) is 0.962. The molecule has 0 aromatic carbocycles. The van der Waals surface area contributed by atoms with Gasteiger partial charge in [-0.05, 0) is 70.4 Å². The van der Waals surface area contributed by atoms with Crippen molar-refractivity contribution in [2.45, 2.75) is 144 Å². The Balaban J connectivity index is 4.42. The number of carbonyl (C=O) groups excluding carboxylic acids is 1. The van der Waals surface area contributed by atoms with Crippen LogP contribution in [0.15, 0.2) is 0 Å². The first kappa shape index (κ1) is 30.9. The molecule has 0 radical (unpaired) electrons. The number of hydrogen-bond acceptors (Lipinski definition) is 3. The summed E-state index contributed by atoms with van der Waals surface area (Å²) >= 11 is 0. The average molecular weight is 473 g/mol. The topological polar surface area (TPSA) is 35.5 Å². The average Bonchev–Trinajstić information content (AvgIpc) is 2.50. The minimum absolute atomic E-state index is 0.0839. The molecule has 0 rings (SSSR count). The highest BCUT2D eigenvalue weighted by molar-refractivity contribution is 6.71. The van der Waals surface area contributed by atoms with E-state index < -0.39 is 22.2 Å². The summed E-state index contributed by atoms with van der Waals surface area (Å²) in [7, 11) is -3.60. The second-order valence-corrected chi connectivity index (χ2v) is 21.6.